The minimum Gasteiger partial charge on any atom is -0.379 e. The van der Waals surface area contributed by atoms with Crippen molar-refractivity contribution in [2.24, 2.45) is 0 Å². The van der Waals surface area contributed by atoms with Crippen LogP contribution in [0.1, 0.15) is 66.2 Å². The highest BCUT2D eigenvalue weighted by molar-refractivity contribution is 5.76. The number of unbranched alkanes of at least 4 members (excludes halogenated alkanes) is 3. The number of nitrogens with zero attached hydrogens (tertiary/aromatic N) is 2. The zero-order chi connectivity index (χ0) is 22.7. The van der Waals surface area contributed by atoms with E-state index in [1.165, 1.54) is 12.8 Å². The molecule has 0 radical (unpaired) electrons. The minimum atomic E-state index is 0.254. The van der Waals surface area contributed by atoms with Crippen LogP contribution in [0, 0.1) is 0 Å². The molecule has 1 aliphatic rings. The Labute approximate surface area is 190 Å². The van der Waals surface area contributed by atoms with Crippen molar-refractivity contribution in [1.29, 1.82) is 0 Å². The standard InChI is InChI=1S/C24H48N2O5/c1-22(2)25-11-13-26(14-12-25)24(27)10-9-16-29-19-21-30-20-18-28-15-7-5-6-8-17-31-23(3)4/h22-23H,5-21H2,1-4H3. The van der Waals surface area contributed by atoms with Crippen LogP contribution in [0.15, 0.2) is 0 Å². The number of hydrogen-bond acceptors (Lipinski definition) is 6. The minimum absolute atomic E-state index is 0.254. The summed E-state index contributed by atoms with van der Waals surface area (Å²) in [6.45, 7) is 16.9. The SMILES string of the molecule is CC(C)OCCCCCCOCCOCCOCCCC(=O)N1CCN(C(C)C)CC1. The van der Waals surface area contributed by atoms with Crippen LogP contribution >= 0.6 is 0 Å². The number of ether oxygens (including phenoxy) is 4. The molecule has 0 saturated carbocycles. The first-order chi connectivity index (χ1) is 15.0. The van der Waals surface area contributed by atoms with Gasteiger partial charge in [-0.3, -0.25) is 9.69 Å². The third-order valence-corrected chi connectivity index (χ3v) is 5.45. The summed E-state index contributed by atoms with van der Waals surface area (Å²) < 4.78 is 22.2. The molecule has 0 aromatic rings. The van der Waals surface area contributed by atoms with Crippen LogP contribution in [0.5, 0.6) is 0 Å². The molecule has 0 unspecified atom stereocenters. The maximum atomic E-state index is 12.3. The van der Waals surface area contributed by atoms with Crippen molar-refractivity contribution >= 4 is 5.91 Å². The van der Waals surface area contributed by atoms with Crippen LogP contribution in [0.4, 0.5) is 0 Å². The average molecular weight is 445 g/mol. The van der Waals surface area contributed by atoms with Crippen molar-refractivity contribution in [3.05, 3.63) is 0 Å². The summed E-state index contributed by atoms with van der Waals surface area (Å²) in [4.78, 5) is 16.7. The highest BCUT2D eigenvalue weighted by atomic mass is 16.5. The molecule has 1 saturated heterocycles. The van der Waals surface area contributed by atoms with Gasteiger partial charge in [-0.1, -0.05) is 12.8 Å². The van der Waals surface area contributed by atoms with Gasteiger partial charge in [-0.25, -0.2) is 0 Å². The first-order valence-electron chi connectivity index (χ1n) is 12.4. The highest BCUT2D eigenvalue weighted by Gasteiger charge is 2.21. The summed E-state index contributed by atoms with van der Waals surface area (Å²) in [6, 6.07) is 0.560. The van der Waals surface area contributed by atoms with Gasteiger partial charge < -0.3 is 23.8 Å². The Balaban J connectivity index is 1.78. The van der Waals surface area contributed by atoms with E-state index in [4.69, 9.17) is 18.9 Å². The third kappa shape index (κ3) is 15.7. The van der Waals surface area contributed by atoms with Crippen LogP contribution in [0.3, 0.4) is 0 Å². The van der Waals surface area contributed by atoms with Gasteiger partial charge in [0, 0.05) is 58.5 Å². The number of hydrogen-bond donors (Lipinski definition) is 0. The van der Waals surface area contributed by atoms with Crippen LogP contribution in [0.25, 0.3) is 0 Å². The first-order valence-corrected chi connectivity index (χ1v) is 12.4. The summed E-state index contributed by atoms with van der Waals surface area (Å²) in [5, 5.41) is 0. The highest BCUT2D eigenvalue weighted by Crippen LogP contribution is 2.08. The number of carbonyl (C=O) groups excluding carboxylic acids is 1. The van der Waals surface area contributed by atoms with Gasteiger partial charge in [-0.05, 0) is 47.0 Å². The number of rotatable bonds is 19. The second-order valence-corrected chi connectivity index (χ2v) is 8.78. The van der Waals surface area contributed by atoms with E-state index in [0.29, 0.717) is 51.6 Å². The van der Waals surface area contributed by atoms with E-state index >= 15 is 0 Å². The normalized spacial score (nSPS) is 15.4. The zero-order valence-corrected chi connectivity index (χ0v) is 20.6. The molecule has 7 heteroatoms. The van der Waals surface area contributed by atoms with E-state index in [1.54, 1.807) is 0 Å². The molecular formula is C24H48N2O5. The quantitative estimate of drug-likeness (QED) is 0.285. The summed E-state index contributed by atoms with van der Waals surface area (Å²) >= 11 is 0. The molecule has 0 bridgehead atoms. The van der Waals surface area contributed by atoms with E-state index in [1.807, 2.05) is 4.90 Å². The van der Waals surface area contributed by atoms with Crippen molar-refractivity contribution in [3.63, 3.8) is 0 Å². The predicted octanol–water partition coefficient (Wildman–Crippen LogP) is 3.35. The number of carbonyl (C=O) groups is 1. The van der Waals surface area contributed by atoms with Crippen molar-refractivity contribution in [3.8, 4) is 0 Å². The van der Waals surface area contributed by atoms with E-state index in [-0.39, 0.29) is 5.91 Å². The van der Waals surface area contributed by atoms with E-state index < -0.39 is 0 Å². The van der Waals surface area contributed by atoms with Gasteiger partial charge in [0.2, 0.25) is 5.91 Å². The summed E-state index contributed by atoms with van der Waals surface area (Å²) in [5.74, 6) is 0.254. The fourth-order valence-electron chi connectivity index (χ4n) is 3.49. The second-order valence-electron chi connectivity index (χ2n) is 8.78. The van der Waals surface area contributed by atoms with Gasteiger partial charge in [0.25, 0.3) is 0 Å². The van der Waals surface area contributed by atoms with Crippen molar-refractivity contribution in [2.75, 3.05) is 72.4 Å². The molecule has 0 atom stereocenters. The third-order valence-electron chi connectivity index (χ3n) is 5.45. The molecule has 7 nitrogen and oxygen atoms in total. The van der Waals surface area contributed by atoms with Gasteiger partial charge in [-0.2, -0.15) is 0 Å². The zero-order valence-electron chi connectivity index (χ0n) is 20.6. The molecule has 0 aliphatic carbocycles. The Bertz CT molecular complexity index is 426. The van der Waals surface area contributed by atoms with Crippen molar-refractivity contribution < 1.29 is 23.7 Å². The molecule has 0 spiro atoms. The molecule has 1 heterocycles. The summed E-state index contributed by atoms with van der Waals surface area (Å²) in [5.41, 5.74) is 0. The van der Waals surface area contributed by atoms with Gasteiger partial charge in [0.15, 0.2) is 0 Å². The van der Waals surface area contributed by atoms with Gasteiger partial charge in [-0.15, -0.1) is 0 Å². The Morgan fingerprint density at radius 1 is 0.677 bits per heavy atom. The van der Waals surface area contributed by atoms with E-state index in [0.717, 1.165) is 58.7 Å². The predicted molar refractivity (Wildman–Crippen MR) is 125 cm³/mol. The molecule has 1 amide bonds. The van der Waals surface area contributed by atoms with Crippen LogP contribution in [-0.2, 0) is 23.7 Å². The molecule has 31 heavy (non-hydrogen) atoms. The summed E-state index contributed by atoms with van der Waals surface area (Å²) in [6.07, 6.45) is 6.29. The Hall–Kier alpha value is -0.730. The second kappa shape index (κ2) is 18.8. The van der Waals surface area contributed by atoms with Gasteiger partial charge >= 0.3 is 0 Å². The van der Waals surface area contributed by atoms with Gasteiger partial charge in [0.05, 0.1) is 32.5 Å². The lowest BCUT2D eigenvalue weighted by molar-refractivity contribution is -0.133. The maximum absolute atomic E-state index is 12.3. The monoisotopic (exact) mass is 444 g/mol. The lowest BCUT2D eigenvalue weighted by Gasteiger charge is -2.37. The topological polar surface area (TPSA) is 60.5 Å². The largest absolute Gasteiger partial charge is 0.379 e. The molecule has 0 N–H and O–H groups in total. The molecule has 0 aromatic carbocycles. The fourth-order valence-corrected chi connectivity index (χ4v) is 3.49. The fraction of sp³-hybridized carbons (Fsp3) is 0.958. The smallest absolute Gasteiger partial charge is 0.222 e. The van der Waals surface area contributed by atoms with Crippen molar-refractivity contribution in [2.45, 2.75) is 78.4 Å². The number of piperazine rings is 1. The lowest BCUT2D eigenvalue weighted by atomic mass is 10.2. The van der Waals surface area contributed by atoms with Crippen molar-refractivity contribution in [1.82, 2.24) is 9.80 Å². The molecule has 1 rings (SSSR count). The van der Waals surface area contributed by atoms with Crippen LogP contribution < -0.4 is 0 Å². The van der Waals surface area contributed by atoms with E-state index in [2.05, 4.69) is 32.6 Å². The Morgan fingerprint density at radius 2 is 1.19 bits per heavy atom. The van der Waals surface area contributed by atoms with Crippen LogP contribution in [0.2, 0.25) is 0 Å². The molecule has 0 aromatic heterocycles. The van der Waals surface area contributed by atoms with Gasteiger partial charge in [0.1, 0.15) is 0 Å². The molecule has 1 fully saturated rings. The average Bonchev–Trinajstić information content (AvgIpc) is 2.75. The molecule has 184 valence electrons. The summed E-state index contributed by atoms with van der Waals surface area (Å²) in [7, 11) is 0. The van der Waals surface area contributed by atoms with E-state index in [9.17, 15) is 4.79 Å². The van der Waals surface area contributed by atoms with Crippen LogP contribution in [-0.4, -0.2) is 100 Å². The maximum Gasteiger partial charge on any atom is 0.222 e. The molecule has 1 aliphatic heterocycles. The first kappa shape index (κ1) is 28.3. The Kier molecular flexibility index (Phi) is 17.2. The molecular weight excluding hydrogens is 396 g/mol. The lowest BCUT2D eigenvalue weighted by Crippen LogP contribution is -2.50. The Morgan fingerprint density at radius 3 is 1.74 bits per heavy atom. The number of amides is 1.